The van der Waals surface area contributed by atoms with Gasteiger partial charge in [0.15, 0.2) is 0 Å². The zero-order valence-corrected chi connectivity index (χ0v) is 13.4. The van der Waals surface area contributed by atoms with Crippen LogP contribution in [0.25, 0.3) is 0 Å². The standard InChI is InChI=1S/C17H27N3O/c1-14(21)20(3)13-15-6-4-8-17(10-15)18-11-16-7-5-9-19(2)12-16/h4,6,8,10,16,18H,5,7,9,11-13H2,1-3H3. The molecule has 1 aromatic carbocycles. The normalized spacial score (nSPS) is 19.3. The first-order chi connectivity index (χ1) is 10.0. The Hall–Kier alpha value is -1.55. The quantitative estimate of drug-likeness (QED) is 0.904. The van der Waals surface area contributed by atoms with Gasteiger partial charge < -0.3 is 15.1 Å². The molecule has 4 heteroatoms. The lowest BCUT2D eigenvalue weighted by Gasteiger charge is -2.30. The van der Waals surface area contributed by atoms with E-state index in [0.29, 0.717) is 6.54 Å². The fourth-order valence-electron chi connectivity index (χ4n) is 2.87. The SMILES string of the molecule is CC(=O)N(C)Cc1cccc(NCC2CCCN(C)C2)c1. The van der Waals surface area contributed by atoms with Gasteiger partial charge in [0.2, 0.25) is 5.91 Å². The Morgan fingerprint density at radius 2 is 2.29 bits per heavy atom. The molecule has 2 rings (SSSR count). The highest BCUT2D eigenvalue weighted by Gasteiger charge is 2.16. The van der Waals surface area contributed by atoms with Crippen LogP contribution in [-0.4, -0.2) is 49.4 Å². The molecule has 1 heterocycles. The van der Waals surface area contributed by atoms with E-state index in [4.69, 9.17) is 0 Å². The van der Waals surface area contributed by atoms with Crippen LogP contribution < -0.4 is 5.32 Å². The molecule has 0 saturated carbocycles. The van der Waals surface area contributed by atoms with Crippen LogP contribution in [0.5, 0.6) is 0 Å². The van der Waals surface area contributed by atoms with Gasteiger partial charge in [-0.15, -0.1) is 0 Å². The van der Waals surface area contributed by atoms with Gasteiger partial charge in [0, 0.05) is 39.3 Å². The lowest BCUT2D eigenvalue weighted by Crippen LogP contribution is -2.35. The second-order valence-corrected chi connectivity index (χ2v) is 6.23. The summed E-state index contributed by atoms with van der Waals surface area (Å²) < 4.78 is 0. The smallest absolute Gasteiger partial charge is 0.219 e. The number of carbonyl (C=O) groups excluding carboxylic acids is 1. The van der Waals surface area contributed by atoms with E-state index in [-0.39, 0.29) is 5.91 Å². The summed E-state index contributed by atoms with van der Waals surface area (Å²) in [4.78, 5) is 15.4. The number of hydrogen-bond acceptors (Lipinski definition) is 3. The van der Waals surface area contributed by atoms with E-state index in [9.17, 15) is 4.79 Å². The average molecular weight is 289 g/mol. The van der Waals surface area contributed by atoms with E-state index >= 15 is 0 Å². The molecular formula is C17H27N3O. The van der Waals surface area contributed by atoms with Gasteiger partial charge in [-0.2, -0.15) is 0 Å². The third-order valence-corrected chi connectivity index (χ3v) is 4.20. The zero-order valence-electron chi connectivity index (χ0n) is 13.4. The van der Waals surface area contributed by atoms with Crippen molar-refractivity contribution >= 4 is 11.6 Å². The first kappa shape index (κ1) is 15.8. The van der Waals surface area contributed by atoms with Crippen molar-refractivity contribution in [3.05, 3.63) is 29.8 Å². The average Bonchev–Trinajstić information content (AvgIpc) is 2.45. The highest BCUT2D eigenvalue weighted by atomic mass is 16.2. The van der Waals surface area contributed by atoms with Crippen molar-refractivity contribution in [1.29, 1.82) is 0 Å². The summed E-state index contributed by atoms with van der Waals surface area (Å²) in [5.41, 5.74) is 2.32. The molecule has 1 aliphatic heterocycles. The third-order valence-electron chi connectivity index (χ3n) is 4.20. The van der Waals surface area contributed by atoms with E-state index in [1.54, 1.807) is 11.8 Å². The number of piperidine rings is 1. The lowest BCUT2D eigenvalue weighted by molar-refractivity contribution is -0.128. The number of nitrogens with zero attached hydrogens (tertiary/aromatic N) is 2. The lowest BCUT2D eigenvalue weighted by atomic mass is 9.98. The summed E-state index contributed by atoms with van der Waals surface area (Å²) in [5.74, 6) is 0.825. The van der Waals surface area contributed by atoms with Crippen molar-refractivity contribution < 1.29 is 4.79 Å². The Balaban J connectivity index is 1.87. The Morgan fingerprint density at radius 3 is 3.00 bits per heavy atom. The molecule has 1 unspecified atom stereocenters. The van der Waals surface area contributed by atoms with Gasteiger partial charge in [-0.05, 0) is 50.0 Å². The van der Waals surface area contributed by atoms with Crippen LogP contribution >= 0.6 is 0 Å². The van der Waals surface area contributed by atoms with Gasteiger partial charge in [-0.25, -0.2) is 0 Å². The minimum Gasteiger partial charge on any atom is -0.385 e. The van der Waals surface area contributed by atoms with Crippen LogP contribution in [0.1, 0.15) is 25.3 Å². The summed E-state index contributed by atoms with van der Waals surface area (Å²) in [6.45, 7) is 5.69. The number of carbonyl (C=O) groups is 1. The van der Waals surface area contributed by atoms with Gasteiger partial charge in [0.1, 0.15) is 0 Å². The van der Waals surface area contributed by atoms with E-state index < -0.39 is 0 Å². The number of anilines is 1. The molecule has 1 amide bonds. The predicted molar refractivity (Wildman–Crippen MR) is 87.3 cm³/mol. The van der Waals surface area contributed by atoms with Crippen LogP contribution in [0.15, 0.2) is 24.3 Å². The molecule has 1 atom stereocenters. The van der Waals surface area contributed by atoms with Gasteiger partial charge >= 0.3 is 0 Å². The topological polar surface area (TPSA) is 35.6 Å². The maximum atomic E-state index is 11.3. The van der Waals surface area contributed by atoms with E-state index in [1.807, 2.05) is 7.05 Å². The minimum absolute atomic E-state index is 0.0959. The summed E-state index contributed by atoms with van der Waals surface area (Å²) >= 11 is 0. The first-order valence-corrected chi connectivity index (χ1v) is 7.77. The molecule has 1 aliphatic rings. The Bertz CT molecular complexity index is 475. The van der Waals surface area contributed by atoms with Gasteiger partial charge in [-0.1, -0.05) is 12.1 Å². The fourth-order valence-corrected chi connectivity index (χ4v) is 2.87. The Labute approximate surface area is 128 Å². The van der Waals surface area contributed by atoms with Crippen LogP contribution in [0.3, 0.4) is 0 Å². The van der Waals surface area contributed by atoms with Crippen molar-refractivity contribution in [2.75, 3.05) is 39.0 Å². The molecule has 1 aromatic rings. The molecule has 0 bridgehead atoms. The fraction of sp³-hybridized carbons (Fsp3) is 0.588. The molecule has 0 spiro atoms. The molecule has 116 valence electrons. The predicted octanol–water partition coefficient (Wildman–Crippen LogP) is 2.42. The number of amides is 1. The Morgan fingerprint density at radius 1 is 1.48 bits per heavy atom. The molecule has 0 aliphatic carbocycles. The molecule has 4 nitrogen and oxygen atoms in total. The third kappa shape index (κ3) is 5.05. The maximum Gasteiger partial charge on any atom is 0.219 e. The maximum absolute atomic E-state index is 11.3. The highest BCUT2D eigenvalue weighted by molar-refractivity contribution is 5.72. The second kappa shape index (κ2) is 7.46. The number of hydrogen-bond donors (Lipinski definition) is 1. The molecule has 1 N–H and O–H groups in total. The molecule has 0 radical (unpaired) electrons. The second-order valence-electron chi connectivity index (χ2n) is 6.23. The highest BCUT2D eigenvalue weighted by Crippen LogP contribution is 2.17. The van der Waals surface area contributed by atoms with Crippen LogP contribution in [-0.2, 0) is 11.3 Å². The molecule has 0 aromatic heterocycles. The molecule has 1 fully saturated rings. The number of likely N-dealkylation sites (tertiary alicyclic amines) is 1. The molecular weight excluding hydrogens is 262 g/mol. The van der Waals surface area contributed by atoms with Crippen LogP contribution in [0, 0.1) is 5.92 Å². The number of nitrogens with one attached hydrogen (secondary N) is 1. The van der Waals surface area contributed by atoms with Crippen molar-refractivity contribution in [2.45, 2.75) is 26.3 Å². The van der Waals surface area contributed by atoms with Crippen molar-refractivity contribution in [3.8, 4) is 0 Å². The summed E-state index contributed by atoms with van der Waals surface area (Å²) in [7, 11) is 4.03. The van der Waals surface area contributed by atoms with Crippen molar-refractivity contribution in [1.82, 2.24) is 9.80 Å². The zero-order chi connectivity index (χ0) is 15.2. The largest absolute Gasteiger partial charge is 0.385 e. The summed E-state index contributed by atoms with van der Waals surface area (Å²) in [5, 5.41) is 3.55. The van der Waals surface area contributed by atoms with Crippen LogP contribution in [0.4, 0.5) is 5.69 Å². The summed E-state index contributed by atoms with van der Waals surface area (Å²) in [6.07, 6.45) is 2.61. The van der Waals surface area contributed by atoms with E-state index in [2.05, 4.69) is 41.5 Å². The Kier molecular flexibility index (Phi) is 5.62. The van der Waals surface area contributed by atoms with Crippen molar-refractivity contribution in [3.63, 3.8) is 0 Å². The van der Waals surface area contributed by atoms with E-state index in [0.717, 1.165) is 18.2 Å². The molecule has 1 saturated heterocycles. The molecule has 21 heavy (non-hydrogen) atoms. The van der Waals surface area contributed by atoms with Gasteiger partial charge in [-0.3, -0.25) is 4.79 Å². The minimum atomic E-state index is 0.0959. The van der Waals surface area contributed by atoms with Gasteiger partial charge in [0.25, 0.3) is 0 Å². The number of rotatable bonds is 5. The summed E-state index contributed by atoms with van der Waals surface area (Å²) in [6, 6.07) is 8.37. The number of benzene rings is 1. The van der Waals surface area contributed by atoms with Gasteiger partial charge in [0.05, 0.1) is 0 Å². The van der Waals surface area contributed by atoms with Crippen molar-refractivity contribution in [2.24, 2.45) is 5.92 Å². The van der Waals surface area contributed by atoms with E-state index in [1.165, 1.54) is 31.5 Å². The van der Waals surface area contributed by atoms with Crippen LogP contribution in [0.2, 0.25) is 0 Å². The first-order valence-electron chi connectivity index (χ1n) is 7.77. The monoisotopic (exact) mass is 289 g/mol.